The molecule has 11 heavy (non-hydrogen) atoms. The Morgan fingerprint density at radius 1 is 1.64 bits per heavy atom. The fraction of sp³-hybridized carbons (Fsp3) is 0.625. The molecular weight excluding hydrogens is 140 g/mol. The molecule has 0 spiro atoms. The van der Waals surface area contributed by atoms with Gasteiger partial charge >= 0.3 is 0 Å². The topological polar surface area (TPSA) is 52.0 Å². The zero-order chi connectivity index (χ0) is 7.68. The lowest BCUT2D eigenvalue weighted by molar-refractivity contribution is 0.378. The molecular formula is C8H12N2O. The average Bonchev–Trinajstić information content (AvgIpc) is 2.75. The molecule has 2 N–H and O–H groups in total. The molecule has 1 aliphatic rings. The van der Waals surface area contributed by atoms with E-state index in [9.17, 15) is 0 Å². The standard InChI is InChI=1S/C8H12N2O/c9-4-3-7-5-8(11-10-7)6-1-2-6/h5-6H,1-4,9H2. The van der Waals surface area contributed by atoms with Crippen LogP contribution in [-0.2, 0) is 6.42 Å². The molecule has 1 saturated carbocycles. The minimum atomic E-state index is 0.649. The minimum Gasteiger partial charge on any atom is -0.361 e. The Kier molecular flexibility index (Phi) is 1.66. The summed E-state index contributed by atoms with van der Waals surface area (Å²) in [5.41, 5.74) is 6.37. The van der Waals surface area contributed by atoms with Gasteiger partial charge in [-0.3, -0.25) is 0 Å². The molecule has 0 aromatic carbocycles. The minimum absolute atomic E-state index is 0.649. The van der Waals surface area contributed by atoms with Crippen molar-refractivity contribution in [2.75, 3.05) is 6.54 Å². The lowest BCUT2D eigenvalue weighted by atomic mass is 10.2. The van der Waals surface area contributed by atoms with E-state index in [1.54, 1.807) is 0 Å². The number of hydrogen-bond acceptors (Lipinski definition) is 3. The second-order valence-corrected chi connectivity index (χ2v) is 3.03. The van der Waals surface area contributed by atoms with E-state index in [4.69, 9.17) is 10.3 Å². The zero-order valence-electron chi connectivity index (χ0n) is 6.42. The first-order valence-electron chi connectivity index (χ1n) is 4.05. The molecule has 0 radical (unpaired) electrons. The van der Waals surface area contributed by atoms with Crippen LogP contribution in [0.15, 0.2) is 10.6 Å². The third-order valence-electron chi connectivity index (χ3n) is 1.96. The summed E-state index contributed by atoms with van der Waals surface area (Å²) < 4.78 is 5.14. The highest BCUT2D eigenvalue weighted by molar-refractivity contribution is 5.14. The SMILES string of the molecule is NCCc1cc(C2CC2)on1. The molecule has 0 saturated heterocycles. The van der Waals surface area contributed by atoms with Gasteiger partial charge in [0.2, 0.25) is 0 Å². The van der Waals surface area contributed by atoms with Gasteiger partial charge in [-0.2, -0.15) is 0 Å². The first kappa shape index (κ1) is 6.85. The van der Waals surface area contributed by atoms with Crippen LogP contribution in [0.5, 0.6) is 0 Å². The Labute approximate surface area is 65.6 Å². The van der Waals surface area contributed by atoms with Crippen LogP contribution in [0, 0.1) is 0 Å². The molecule has 1 aromatic heterocycles. The molecule has 0 aliphatic heterocycles. The van der Waals surface area contributed by atoms with Gasteiger partial charge in [0.1, 0.15) is 5.76 Å². The summed E-state index contributed by atoms with van der Waals surface area (Å²) in [6.07, 6.45) is 3.35. The fourth-order valence-corrected chi connectivity index (χ4v) is 1.15. The van der Waals surface area contributed by atoms with Crippen LogP contribution in [0.25, 0.3) is 0 Å². The van der Waals surface area contributed by atoms with E-state index in [0.717, 1.165) is 17.9 Å². The summed E-state index contributed by atoms with van der Waals surface area (Å²) in [5.74, 6) is 1.71. The molecule has 1 aliphatic carbocycles. The number of hydrogen-bond donors (Lipinski definition) is 1. The highest BCUT2D eigenvalue weighted by Gasteiger charge is 2.27. The summed E-state index contributed by atoms with van der Waals surface area (Å²) in [5, 5.41) is 3.91. The molecule has 1 fully saturated rings. The highest BCUT2D eigenvalue weighted by Crippen LogP contribution is 2.40. The fourth-order valence-electron chi connectivity index (χ4n) is 1.15. The molecule has 1 aromatic rings. The van der Waals surface area contributed by atoms with Crippen molar-refractivity contribution >= 4 is 0 Å². The quantitative estimate of drug-likeness (QED) is 0.704. The van der Waals surface area contributed by atoms with E-state index >= 15 is 0 Å². The normalized spacial score (nSPS) is 17.2. The van der Waals surface area contributed by atoms with E-state index in [2.05, 4.69) is 5.16 Å². The first-order chi connectivity index (χ1) is 5.40. The first-order valence-corrected chi connectivity index (χ1v) is 4.05. The number of aromatic nitrogens is 1. The molecule has 0 bridgehead atoms. The van der Waals surface area contributed by atoms with E-state index < -0.39 is 0 Å². The Bertz CT molecular complexity index is 240. The lowest BCUT2D eigenvalue weighted by Gasteiger charge is -1.84. The van der Waals surface area contributed by atoms with Gasteiger partial charge in [-0.15, -0.1) is 0 Å². The molecule has 60 valence electrons. The maximum absolute atomic E-state index is 5.38. The second-order valence-electron chi connectivity index (χ2n) is 3.03. The van der Waals surface area contributed by atoms with Gasteiger partial charge in [0.25, 0.3) is 0 Å². The second kappa shape index (κ2) is 2.66. The molecule has 1 heterocycles. The van der Waals surface area contributed by atoms with E-state index in [1.165, 1.54) is 12.8 Å². The molecule has 0 atom stereocenters. The maximum atomic E-state index is 5.38. The summed E-state index contributed by atoms with van der Waals surface area (Å²) in [7, 11) is 0. The summed E-state index contributed by atoms with van der Waals surface area (Å²) in [4.78, 5) is 0. The van der Waals surface area contributed by atoms with Gasteiger partial charge in [-0.25, -0.2) is 0 Å². The summed E-state index contributed by atoms with van der Waals surface area (Å²) in [6, 6.07) is 2.03. The summed E-state index contributed by atoms with van der Waals surface area (Å²) >= 11 is 0. The Morgan fingerprint density at radius 3 is 3.09 bits per heavy atom. The van der Waals surface area contributed by atoms with E-state index in [-0.39, 0.29) is 0 Å². The van der Waals surface area contributed by atoms with Crippen molar-refractivity contribution in [3.63, 3.8) is 0 Å². The van der Waals surface area contributed by atoms with Crippen molar-refractivity contribution in [2.24, 2.45) is 5.73 Å². The Balaban J connectivity index is 2.06. The van der Waals surface area contributed by atoms with Gasteiger partial charge in [0.05, 0.1) is 5.69 Å². The van der Waals surface area contributed by atoms with Crippen LogP contribution in [0.4, 0.5) is 0 Å². The smallest absolute Gasteiger partial charge is 0.140 e. The molecule has 2 rings (SSSR count). The van der Waals surface area contributed by atoms with Crippen LogP contribution in [0.3, 0.4) is 0 Å². The molecule has 0 unspecified atom stereocenters. The van der Waals surface area contributed by atoms with Crippen molar-refractivity contribution in [1.29, 1.82) is 0 Å². The predicted octanol–water partition coefficient (Wildman–Crippen LogP) is 1.05. The maximum Gasteiger partial charge on any atom is 0.140 e. The zero-order valence-corrected chi connectivity index (χ0v) is 6.42. The molecule has 3 heteroatoms. The van der Waals surface area contributed by atoms with Gasteiger partial charge in [-0.1, -0.05) is 5.16 Å². The average molecular weight is 152 g/mol. The van der Waals surface area contributed by atoms with Crippen molar-refractivity contribution in [3.05, 3.63) is 17.5 Å². The number of nitrogens with two attached hydrogens (primary N) is 1. The third-order valence-corrected chi connectivity index (χ3v) is 1.96. The van der Waals surface area contributed by atoms with Gasteiger partial charge in [0.15, 0.2) is 0 Å². The monoisotopic (exact) mass is 152 g/mol. The van der Waals surface area contributed by atoms with Crippen LogP contribution < -0.4 is 5.73 Å². The largest absolute Gasteiger partial charge is 0.361 e. The van der Waals surface area contributed by atoms with Crippen LogP contribution in [0.1, 0.15) is 30.2 Å². The van der Waals surface area contributed by atoms with Crippen LogP contribution in [-0.4, -0.2) is 11.7 Å². The van der Waals surface area contributed by atoms with Gasteiger partial charge in [0, 0.05) is 18.4 Å². The number of nitrogens with zero attached hydrogens (tertiary/aromatic N) is 1. The Hall–Kier alpha value is -0.830. The predicted molar refractivity (Wildman–Crippen MR) is 41.2 cm³/mol. The highest BCUT2D eigenvalue weighted by atomic mass is 16.5. The van der Waals surface area contributed by atoms with E-state index in [1.807, 2.05) is 6.07 Å². The van der Waals surface area contributed by atoms with Crippen molar-refractivity contribution in [2.45, 2.75) is 25.2 Å². The van der Waals surface area contributed by atoms with Crippen molar-refractivity contribution in [1.82, 2.24) is 5.16 Å². The number of rotatable bonds is 3. The van der Waals surface area contributed by atoms with E-state index in [0.29, 0.717) is 12.5 Å². The van der Waals surface area contributed by atoms with Gasteiger partial charge in [-0.05, 0) is 19.4 Å². The van der Waals surface area contributed by atoms with Gasteiger partial charge < -0.3 is 10.3 Å². The Morgan fingerprint density at radius 2 is 2.45 bits per heavy atom. The molecule has 3 nitrogen and oxygen atoms in total. The summed E-state index contributed by atoms with van der Waals surface area (Å²) in [6.45, 7) is 0.649. The lowest BCUT2D eigenvalue weighted by Crippen LogP contribution is -2.02. The van der Waals surface area contributed by atoms with Crippen molar-refractivity contribution in [3.8, 4) is 0 Å². The van der Waals surface area contributed by atoms with Crippen LogP contribution >= 0.6 is 0 Å². The third kappa shape index (κ3) is 1.43. The van der Waals surface area contributed by atoms with Crippen LogP contribution in [0.2, 0.25) is 0 Å². The van der Waals surface area contributed by atoms with Crippen molar-refractivity contribution < 1.29 is 4.52 Å². The molecule has 0 amide bonds.